The molecule has 2 aliphatic rings. The average molecular weight is 282 g/mol. The van der Waals surface area contributed by atoms with Gasteiger partial charge in [-0.25, -0.2) is 0 Å². The van der Waals surface area contributed by atoms with Crippen molar-refractivity contribution in [2.45, 2.75) is 50.5 Å². The van der Waals surface area contributed by atoms with Crippen molar-refractivity contribution in [2.24, 2.45) is 5.92 Å². The van der Waals surface area contributed by atoms with E-state index in [-0.39, 0.29) is 0 Å². The lowest BCUT2D eigenvalue weighted by molar-refractivity contribution is 0.186. The van der Waals surface area contributed by atoms with Gasteiger partial charge in [-0.3, -0.25) is 0 Å². The first-order chi connectivity index (χ1) is 10.2. The Morgan fingerprint density at radius 3 is 2.67 bits per heavy atom. The number of hydrogen-bond acceptors (Lipinski definition) is 2. The molecule has 4 rings (SSSR count). The van der Waals surface area contributed by atoms with Crippen LogP contribution in [0.2, 0.25) is 0 Å². The van der Waals surface area contributed by atoms with E-state index in [1.54, 1.807) is 0 Å². The molecule has 2 aromatic rings. The third kappa shape index (κ3) is 2.42. The summed E-state index contributed by atoms with van der Waals surface area (Å²) >= 11 is 0. The highest BCUT2D eigenvalue weighted by Crippen LogP contribution is 2.48. The maximum Gasteiger partial charge on any atom is 0.137 e. The van der Waals surface area contributed by atoms with Crippen LogP contribution in [0.15, 0.2) is 40.8 Å². The summed E-state index contributed by atoms with van der Waals surface area (Å²) in [5.74, 6) is 3.69. The highest BCUT2D eigenvalue weighted by Gasteiger charge is 2.37. The van der Waals surface area contributed by atoms with Crippen LogP contribution in [0.1, 0.15) is 73.2 Å². The molecule has 2 heteroatoms. The molecule has 110 valence electrons. The number of rotatable bonds is 4. The monoisotopic (exact) mass is 282 g/mol. The molecule has 1 N–H and O–H groups in total. The van der Waals surface area contributed by atoms with Crippen LogP contribution >= 0.6 is 0 Å². The fourth-order valence-electron chi connectivity index (χ4n) is 3.32. The highest BCUT2D eigenvalue weighted by atomic mass is 16.4. The fourth-order valence-corrected chi connectivity index (χ4v) is 3.32. The number of aliphatic hydroxyl groups is 1. The van der Waals surface area contributed by atoms with Gasteiger partial charge in [0, 0.05) is 5.92 Å². The predicted molar refractivity (Wildman–Crippen MR) is 82.3 cm³/mol. The van der Waals surface area contributed by atoms with Crippen LogP contribution in [0.5, 0.6) is 0 Å². The summed E-state index contributed by atoms with van der Waals surface area (Å²) in [4.78, 5) is 0. The Hall–Kier alpha value is -1.54. The van der Waals surface area contributed by atoms with Gasteiger partial charge in [0.1, 0.15) is 17.6 Å². The second kappa shape index (κ2) is 5.03. The summed E-state index contributed by atoms with van der Waals surface area (Å²) in [6, 6.07) is 12.3. The zero-order valence-corrected chi connectivity index (χ0v) is 12.5. The van der Waals surface area contributed by atoms with Gasteiger partial charge in [0.2, 0.25) is 0 Å². The molecule has 21 heavy (non-hydrogen) atoms. The van der Waals surface area contributed by atoms with Crippen molar-refractivity contribution < 1.29 is 9.52 Å². The van der Waals surface area contributed by atoms with Crippen molar-refractivity contribution in [3.05, 3.63) is 59.0 Å². The molecule has 2 fully saturated rings. The molecule has 2 nitrogen and oxygen atoms in total. The zero-order chi connectivity index (χ0) is 14.4. The Balaban J connectivity index is 1.56. The molecule has 0 amide bonds. The SMILES string of the molecule is CC1CC1c1ccc(C(O)c2cccc(C3CCC3)c2)o1. The normalized spacial score (nSPS) is 26.4. The van der Waals surface area contributed by atoms with Crippen LogP contribution in [-0.4, -0.2) is 5.11 Å². The van der Waals surface area contributed by atoms with E-state index in [0.29, 0.717) is 17.6 Å². The second-order valence-corrected chi connectivity index (χ2v) is 6.76. The molecular weight excluding hydrogens is 260 g/mol. The molecule has 0 radical (unpaired) electrons. The van der Waals surface area contributed by atoms with Crippen molar-refractivity contribution in [3.63, 3.8) is 0 Å². The summed E-state index contributed by atoms with van der Waals surface area (Å²) in [7, 11) is 0. The van der Waals surface area contributed by atoms with Crippen molar-refractivity contribution in [1.82, 2.24) is 0 Å². The summed E-state index contributed by atoms with van der Waals surface area (Å²) < 4.78 is 5.88. The van der Waals surface area contributed by atoms with Gasteiger partial charge in [-0.05, 0) is 54.4 Å². The summed E-state index contributed by atoms with van der Waals surface area (Å²) in [6.45, 7) is 2.24. The molecule has 1 aromatic carbocycles. The van der Waals surface area contributed by atoms with Gasteiger partial charge >= 0.3 is 0 Å². The summed E-state index contributed by atoms with van der Waals surface area (Å²) in [5.41, 5.74) is 2.31. The van der Waals surface area contributed by atoms with Crippen LogP contribution in [0.4, 0.5) is 0 Å². The standard InChI is InChI=1S/C19H22O2/c1-12-10-16(12)17-8-9-18(21-17)19(20)15-7-3-6-14(11-15)13-4-2-5-13/h3,6-9,11-13,16,19-20H,2,4-5,10H2,1H3. The van der Waals surface area contributed by atoms with Gasteiger partial charge in [-0.1, -0.05) is 37.6 Å². The number of aliphatic hydroxyl groups excluding tert-OH is 1. The zero-order valence-electron chi connectivity index (χ0n) is 12.5. The van der Waals surface area contributed by atoms with E-state index in [1.165, 1.54) is 31.2 Å². The van der Waals surface area contributed by atoms with Gasteiger partial charge in [0.25, 0.3) is 0 Å². The third-order valence-corrected chi connectivity index (χ3v) is 5.19. The molecule has 2 saturated carbocycles. The average Bonchev–Trinajstić information content (AvgIpc) is 2.98. The van der Waals surface area contributed by atoms with E-state index in [0.717, 1.165) is 17.2 Å². The van der Waals surface area contributed by atoms with Gasteiger partial charge in [-0.2, -0.15) is 0 Å². The molecule has 3 atom stereocenters. The topological polar surface area (TPSA) is 33.4 Å². The van der Waals surface area contributed by atoms with Crippen LogP contribution < -0.4 is 0 Å². The molecule has 2 aliphatic carbocycles. The quantitative estimate of drug-likeness (QED) is 0.877. The molecular formula is C19H22O2. The number of hydrogen-bond donors (Lipinski definition) is 1. The summed E-state index contributed by atoms with van der Waals surface area (Å²) in [5, 5.41) is 10.6. The summed E-state index contributed by atoms with van der Waals surface area (Å²) in [6.07, 6.45) is 4.46. The van der Waals surface area contributed by atoms with Gasteiger partial charge in [0.15, 0.2) is 0 Å². The van der Waals surface area contributed by atoms with E-state index < -0.39 is 6.10 Å². The molecule has 0 spiro atoms. The first-order valence-corrected chi connectivity index (χ1v) is 8.10. The first kappa shape index (κ1) is 13.1. The Kier molecular flexibility index (Phi) is 3.15. The van der Waals surface area contributed by atoms with Gasteiger partial charge in [0.05, 0.1) is 0 Å². The largest absolute Gasteiger partial charge is 0.463 e. The van der Waals surface area contributed by atoms with E-state index in [4.69, 9.17) is 4.42 Å². The second-order valence-electron chi connectivity index (χ2n) is 6.76. The number of furan rings is 1. The van der Waals surface area contributed by atoms with Gasteiger partial charge < -0.3 is 9.52 Å². The Bertz CT molecular complexity index is 639. The van der Waals surface area contributed by atoms with E-state index >= 15 is 0 Å². The lowest BCUT2D eigenvalue weighted by atomic mass is 9.79. The first-order valence-electron chi connectivity index (χ1n) is 8.10. The molecule has 1 aromatic heterocycles. The Morgan fingerprint density at radius 1 is 1.19 bits per heavy atom. The van der Waals surface area contributed by atoms with Crippen LogP contribution in [-0.2, 0) is 0 Å². The minimum Gasteiger partial charge on any atom is -0.463 e. The van der Waals surface area contributed by atoms with Crippen LogP contribution in [0.25, 0.3) is 0 Å². The molecule has 0 bridgehead atoms. The van der Waals surface area contributed by atoms with Crippen molar-refractivity contribution >= 4 is 0 Å². The minimum atomic E-state index is -0.646. The maximum absolute atomic E-state index is 10.6. The van der Waals surface area contributed by atoms with Crippen molar-refractivity contribution in [3.8, 4) is 0 Å². The molecule has 0 saturated heterocycles. The molecule has 1 heterocycles. The van der Waals surface area contributed by atoms with Crippen molar-refractivity contribution in [2.75, 3.05) is 0 Å². The highest BCUT2D eigenvalue weighted by molar-refractivity contribution is 5.32. The van der Waals surface area contributed by atoms with E-state index in [2.05, 4.69) is 25.1 Å². The molecule has 0 aliphatic heterocycles. The van der Waals surface area contributed by atoms with Crippen LogP contribution in [0, 0.1) is 5.92 Å². The lowest BCUT2D eigenvalue weighted by Crippen LogP contribution is -2.09. The number of benzene rings is 1. The predicted octanol–water partition coefficient (Wildman–Crippen LogP) is 4.75. The maximum atomic E-state index is 10.6. The lowest BCUT2D eigenvalue weighted by Gasteiger charge is -2.26. The van der Waals surface area contributed by atoms with E-state index in [9.17, 15) is 5.11 Å². The Labute approximate surface area is 125 Å². The van der Waals surface area contributed by atoms with Crippen molar-refractivity contribution in [1.29, 1.82) is 0 Å². The van der Waals surface area contributed by atoms with Crippen LogP contribution in [0.3, 0.4) is 0 Å². The van der Waals surface area contributed by atoms with E-state index in [1.807, 2.05) is 18.2 Å². The fraction of sp³-hybridized carbons (Fsp3) is 0.474. The third-order valence-electron chi connectivity index (χ3n) is 5.19. The smallest absolute Gasteiger partial charge is 0.137 e. The van der Waals surface area contributed by atoms with Gasteiger partial charge in [-0.15, -0.1) is 0 Å². The minimum absolute atomic E-state index is 0.562. The molecule has 3 unspecified atom stereocenters. The Morgan fingerprint density at radius 2 is 2.00 bits per heavy atom.